The molecule has 0 amide bonds. The summed E-state index contributed by atoms with van der Waals surface area (Å²) in [7, 11) is 16.4. The fraction of sp³-hybridized carbons (Fsp3) is 1.00. The van der Waals surface area contributed by atoms with E-state index >= 15 is 0 Å². The molecule has 0 aromatic rings. The third-order valence-corrected chi connectivity index (χ3v) is 1.56. The Morgan fingerprint density at radius 1 is 1.44 bits per heavy atom. The molecule has 0 aromatic carbocycles. The SMILES string of the molecule is [B]C[C@H]1O[C@H]([B])C[C@@H]1[B]. The molecule has 3 atom stereocenters. The van der Waals surface area contributed by atoms with Crippen LogP contribution in [0.4, 0.5) is 0 Å². The average Bonchev–Trinajstić information content (AvgIpc) is 2.10. The smallest absolute Gasteiger partial charge is 0.108 e. The molecular weight excluding hydrogens is 108 g/mol. The molecule has 1 rings (SSSR count). The normalized spacial score (nSPS) is 43.3. The van der Waals surface area contributed by atoms with Gasteiger partial charge < -0.3 is 4.74 Å². The summed E-state index contributed by atoms with van der Waals surface area (Å²) >= 11 is 0. The second-order valence-electron chi connectivity index (χ2n) is 2.35. The maximum Gasteiger partial charge on any atom is 0.108 e. The Kier molecular flexibility index (Phi) is 2.28. The molecular formula is C5H7B3O. The summed E-state index contributed by atoms with van der Waals surface area (Å²) in [5, 5.41) is 0. The molecule has 0 aliphatic carbocycles. The van der Waals surface area contributed by atoms with Gasteiger partial charge in [-0.2, -0.15) is 0 Å². The topological polar surface area (TPSA) is 9.23 Å². The van der Waals surface area contributed by atoms with Crippen molar-refractivity contribution in [2.75, 3.05) is 0 Å². The molecule has 0 N–H and O–H groups in total. The molecule has 1 nitrogen and oxygen atoms in total. The van der Waals surface area contributed by atoms with Gasteiger partial charge in [0, 0.05) is 12.1 Å². The highest BCUT2D eigenvalue weighted by Gasteiger charge is 2.26. The number of ether oxygens (including phenoxy) is 1. The highest BCUT2D eigenvalue weighted by Crippen LogP contribution is 2.28. The maximum atomic E-state index is 5.59. The van der Waals surface area contributed by atoms with Gasteiger partial charge in [-0.1, -0.05) is 12.1 Å². The van der Waals surface area contributed by atoms with Crippen LogP contribution in [0.1, 0.15) is 6.42 Å². The van der Waals surface area contributed by atoms with Crippen molar-refractivity contribution in [3.8, 4) is 0 Å². The molecule has 1 heterocycles. The van der Waals surface area contributed by atoms with Gasteiger partial charge in [0.25, 0.3) is 0 Å². The third-order valence-electron chi connectivity index (χ3n) is 1.56. The van der Waals surface area contributed by atoms with Gasteiger partial charge in [-0.15, -0.1) is 0 Å². The molecule has 0 bridgehead atoms. The predicted molar refractivity (Wildman–Crippen MR) is 39.1 cm³/mol. The summed E-state index contributed by atoms with van der Waals surface area (Å²) in [6, 6.07) is -0.200. The van der Waals surface area contributed by atoms with E-state index in [2.05, 4.69) is 0 Å². The van der Waals surface area contributed by atoms with E-state index in [0.717, 1.165) is 6.42 Å². The summed E-state index contributed by atoms with van der Waals surface area (Å²) in [4.78, 5) is 0. The van der Waals surface area contributed by atoms with Gasteiger partial charge in [0.15, 0.2) is 0 Å². The highest BCUT2D eigenvalue weighted by atomic mass is 16.5. The molecule has 9 heavy (non-hydrogen) atoms. The van der Waals surface area contributed by atoms with Gasteiger partial charge in [0.05, 0.1) is 15.7 Å². The van der Waals surface area contributed by atoms with Crippen LogP contribution in [0.2, 0.25) is 12.1 Å². The van der Waals surface area contributed by atoms with E-state index in [0.29, 0.717) is 6.32 Å². The quantitative estimate of drug-likeness (QED) is 0.431. The first-order valence-electron chi connectivity index (χ1n) is 3.10. The van der Waals surface area contributed by atoms with Crippen molar-refractivity contribution in [2.24, 2.45) is 0 Å². The largest absolute Gasteiger partial charge is 0.386 e. The van der Waals surface area contributed by atoms with Crippen LogP contribution in [0.5, 0.6) is 0 Å². The van der Waals surface area contributed by atoms with E-state index in [1.165, 1.54) is 0 Å². The molecule has 1 fully saturated rings. The minimum Gasteiger partial charge on any atom is -0.386 e. The molecule has 1 aliphatic heterocycles. The lowest BCUT2D eigenvalue weighted by Crippen LogP contribution is -2.11. The molecule has 6 radical (unpaired) electrons. The van der Waals surface area contributed by atoms with Crippen LogP contribution < -0.4 is 0 Å². The van der Waals surface area contributed by atoms with Gasteiger partial charge in [0.1, 0.15) is 7.85 Å². The maximum absolute atomic E-state index is 5.59. The van der Waals surface area contributed by atoms with Crippen molar-refractivity contribution in [3.63, 3.8) is 0 Å². The van der Waals surface area contributed by atoms with E-state index in [1.54, 1.807) is 0 Å². The molecule has 0 saturated carbocycles. The van der Waals surface area contributed by atoms with Crippen LogP contribution in [-0.2, 0) is 4.74 Å². The first-order chi connectivity index (χ1) is 4.24. The van der Waals surface area contributed by atoms with Crippen LogP contribution in [-0.4, -0.2) is 35.6 Å². The Balaban J connectivity index is 2.38. The lowest BCUT2D eigenvalue weighted by atomic mass is 9.75. The van der Waals surface area contributed by atoms with E-state index < -0.39 is 0 Å². The van der Waals surface area contributed by atoms with Crippen LogP contribution in [0.15, 0.2) is 0 Å². The van der Waals surface area contributed by atoms with Crippen LogP contribution in [0, 0.1) is 0 Å². The second kappa shape index (κ2) is 2.83. The fourth-order valence-electron chi connectivity index (χ4n) is 1.03. The molecule has 1 saturated heterocycles. The van der Waals surface area contributed by atoms with Crippen molar-refractivity contribution < 1.29 is 4.74 Å². The minimum atomic E-state index is -0.200. The molecule has 1 aliphatic rings. The zero-order valence-corrected chi connectivity index (χ0v) is 5.29. The zero-order valence-electron chi connectivity index (χ0n) is 5.29. The van der Waals surface area contributed by atoms with Gasteiger partial charge >= 0.3 is 0 Å². The molecule has 42 valence electrons. The van der Waals surface area contributed by atoms with E-state index in [-0.39, 0.29) is 17.9 Å². The van der Waals surface area contributed by atoms with Gasteiger partial charge in [-0.05, 0) is 6.42 Å². The summed E-state index contributed by atoms with van der Waals surface area (Å²) in [5.41, 5.74) is 0. The second-order valence-corrected chi connectivity index (χ2v) is 2.35. The summed E-state index contributed by atoms with van der Waals surface area (Å²) in [6.45, 7) is 0. The Morgan fingerprint density at radius 2 is 2.11 bits per heavy atom. The van der Waals surface area contributed by atoms with Crippen molar-refractivity contribution in [1.29, 1.82) is 0 Å². The first-order valence-corrected chi connectivity index (χ1v) is 3.10. The Hall–Kier alpha value is 0.155. The van der Waals surface area contributed by atoms with Gasteiger partial charge in [-0.25, -0.2) is 0 Å². The van der Waals surface area contributed by atoms with Crippen LogP contribution >= 0.6 is 0 Å². The van der Waals surface area contributed by atoms with Crippen molar-refractivity contribution in [2.45, 2.75) is 30.7 Å². The van der Waals surface area contributed by atoms with Crippen molar-refractivity contribution in [3.05, 3.63) is 0 Å². The van der Waals surface area contributed by atoms with Gasteiger partial charge in [-0.3, -0.25) is 0 Å². The Bertz CT molecular complexity index is 98.2. The lowest BCUT2D eigenvalue weighted by molar-refractivity contribution is 0.102. The Morgan fingerprint density at radius 3 is 2.33 bits per heavy atom. The highest BCUT2D eigenvalue weighted by molar-refractivity contribution is 6.16. The first kappa shape index (κ1) is 7.26. The van der Waals surface area contributed by atoms with Crippen molar-refractivity contribution in [1.82, 2.24) is 0 Å². The monoisotopic (exact) mass is 116 g/mol. The molecule has 0 spiro atoms. The van der Waals surface area contributed by atoms with Crippen LogP contribution in [0.25, 0.3) is 0 Å². The number of hydrogen-bond acceptors (Lipinski definition) is 1. The van der Waals surface area contributed by atoms with E-state index in [4.69, 9.17) is 28.3 Å². The Labute approximate surface area is 59.8 Å². The fourth-order valence-corrected chi connectivity index (χ4v) is 1.03. The molecule has 0 aromatic heterocycles. The average molecular weight is 116 g/mol. The number of rotatable bonds is 1. The van der Waals surface area contributed by atoms with Crippen molar-refractivity contribution >= 4 is 23.5 Å². The standard InChI is InChI=1S/C5H7B3O/c6-2-4-3(7)1-5(8)9-4/h3-5H,1-2H2/t3-,4+,5-/m0/s1. The number of hydrogen-bond donors (Lipinski definition) is 0. The molecule has 0 unspecified atom stereocenters. The predicted octanol–water partition coefficient (Wildman–Crippen LogP) is -0.186. The van der Waals surface area contributed by atoms with E-state index in [9.17, 15) is 0 Å². The lowest BCUT2D eigenvalue weighted by Gasteiger charge is -2.11. The third kappa shape index (κ3) is 1.54. The van der Waals surface area contributed by atoms with Gasteiger partial charge in [0.2, 0.25) is 0 Å². The minimum absolute atomic E-state index is 0.0278. The summed E-state index contributed by atoms with van der Waals surface area (Å²) < 4.78 is 5.15. The van der Waals surface area contributed by atoms with E-state index in [1.807, 2.05) is 0 Å². The summed E-state index contributed by atoms with van der Waals surface area (Å²) in [6.07, 6.45) is 1.16. The van der Waals surface area contributed by atoms with Crippen LogP contribution in [0.3, 0.4) is 0 Å². The zero-order chi connectivity index (χ0) is 6.85. The molecule has 4 heteroatoms. The summed E-state index contributed by atoms with van der Waals surface area (Å²) in [5.74, 6) is 0.0324.